The average molecular weight is 270 g/mol. The standard InChI is InChI=1S/C13H12O3S.Na/c1-10-3-2-4-12(9-10)16-11-5-7-13(8-6-11)17(14)15;/h2-9H,1H3,(H,14,15);/q;+1/p-1. The molecule has 1 atom stereocenters. The van der Waals surface area contributed by atoms with Crippen molar-refractivity contribution in [3.8, 4) is 11.5 Å². The third-order valence-corrected chi connectivity index (χ3v) is 2.90. The summed E-state index contributed by atoms with van der Waals surface area (Å²) in [6.07, 6.45) is 0. The van der Waals surface area contributed by atoms with Crippen LogP contribution >= 0.6 is 0 Å². The summed E-state index contributed by atoms with van der Waals surface area (Å²) < 4.78 is 26.9. The number of ether oxygens (including phenoxy) is 1. The second kappa shape index (κ2) is 7.07. The molecule has 0 bridgehead atoms. The monoisotopic (exact) mass is 270 g/mol. The average Bonchev–Trinajstić information content (AvgIpc) is 2.29. The number of hydrogen-bond acceptors (Lipinski definition) is 3. The summed E-state index contributed by atoms with van der Waals surface area (Å²) in [4.78, 5) is 0.251. The van der Waals surface area contributed by atoms with Gasteiger partial charge in [-0.15, -0.1) is 0 Å². The van der Waals surface area contributed by atoms with Gasteiger partial charge in [0.1, 0.15) is 11.5 Å². The van der Waals surface area contributed by atoms with Crippen LogP contribution in [0.15, 0.2) is 53.4 Å². The third kappa shape index (κ3) is 4.23. The van der Waals surface area contributed by atoms with E-state index in [-0.39, 0.29) is 34.5 Å². The maximum absolute atomic E-state index is 10.7. The number of aryl methyl sites for hydroxylation is 1. The summed E-state index contributed by atoms with van der Waals surface area (Å²) in [7, 11) is 0. The van der Waals surface area contributed by atoms with E-state index in [2.05, 4.69) is 0 Å². The first-order valence-corrected chi connectivity index (χ1v) is 6.16. The second-order valence-electron chi connectivity index (χ2n) is 3.62. The zero-order valence-electron chi connectivity index (χ0n) is 10.3. The molecule has 0 amide bonds. The van der Waals surface area contributed by atoms with E-state index >= 15 is 0 Å². The molecule has 3 nitrogen and oxygen atoms in total. The summed E-state index contributed by atoms with van der Waals surface area (Å²) in [6.45, 7) is 1.98. The van der Waals surface area contributed by atoms with E-state index in [1.807, 2.05) is 31.2 Å². The predicted octanol–water partition coefficient (Wildman–Crippen LogP) is 0.0293. The van der Waals surface area contributed by atoms with Crippen LogP contribution in [0.3, 0.4) is 0 Å². The van der Waals surface area contributed by atoms with Gasteiger partial charge in [-0.25, -0.2) is 0 Å². The first kappa shape index (κ1) is 15.4. The summed E-state index contributed by atoms with van der Waals surface area (Å²) in [6, 6.07) is 13.9. The van der Waals surface area contributed by atoms with Gasteiger partial charge in [-0.05, 0) is 60.0 Å². The van der Waals surface area contributed by atoms with E-state index in [9.17, 15) is 8.76 Å². The molecule has 0 aromatic heterocycles. The molecule has 0 fully saturated rings. The predicted molar refractivity (Wildman–Crippen MR) is 64.9 cm³/mol. The molecule has 0 N–H and O–H groups in total. The maximum atomic E-state index is 10.7. The van der Waals surface area contributed by atoms with Crippen molar-refractivity contribution in [3.63, 3.8) is 0 Å². The molecule has 5 heteroatoms. The molecular weight excluding hydrogens is 259 g/mol. The van der Waals surface area contributed by atoms with Crippen LogP contribution in [-0.4, -0.2) is 8.76 Å². The first-order chi connectivity index (χ1) is 8.15. The van der Waals surface area contributed by atoms with Crippen molar-refractivity contribution < 1.29 is 43.1 Å². The summed E-state index contributed by atoms with van der Waals surface area (Å²) in [5.74, 6) is 1.35. The number of hydrogen-bond donors (Lipinski definition) is 0. The molecule has 0 aliphatic carbocycles. The van der Waals surface area contributed by atoms with E-state index in [4.69, 9.17) is 4.74 Å². The molecule has 2 aromatic carbocycles. The molecule has 0 radical (unpaired) electrons. The van der Waals surface area contributed by atoms with Crippen molar-refractivity contribution in [2.45, 2.75) is 11.8 Å². The van der Waals surface area contributed by atoms with Gasteiger partial charge < -0.3 is 9.29 Å². The van der Waals surface area contributed by atoms with Crippen molar-refractivity contribution in [1.82, 2.24) is 0 Å². The van der Waals surface area contributed by atoms with E-state index < -0.39 is 11.1 Å². The van der Waals surface area contributed by atoms with Crippen LogP contribution in [0.25, 0.3) is 0 Å². The fraction of sp³-hybridized carbons (Fsp3) is 0.0769. The van der Waals surface area contributed by atoms with Crippen molar-refractivity contribution in [2.24, 2.45) is 0 Å². The van der Waals surface area contributed by atoms with E-state index in [1.165, 1.54) is 12.1 Å². The molecule has 0 saturated carbocycles. The van der Waals surface area contributed by atoms with E-state index in [0.717, 1.165) is 11.3 Å². The first-order valence-electron chi connectivity index (χ1n) is 5.09. The Hall–Kier alpha value is -0.650. The molecule has 0 heterocycles. The molecule has 0 aliphatic heterocycles. The Kier molecular flexibility index (Phi) is 6.05. The van der Waals surface area contributed by atoms with Gasteiger partial charge in [0, 0.05) is 4.90 Å². The molecule has 18 heavy (non-hydrogen) atoms. The molecule has 2 rings (SSSR count). The zero-order valence-corrected chi connectivity index (χ0v) is 13.1. The molecule has 2 aromatic rings. The number of benzene rings is 2. The minimum absolute atomic E-state index is 0. The van der Waals surface area contributed by atoms with Crippen LogP contribution < -0.4 is 34.3 Å². The van der Waals surface area contributed by atoms with Gasteiger partial charge in [-0.3, -0.25) is 4.21 Å². The van der Waals surface area contributed by atoms with Crippen LogP contribution in [0.2, 0.25) is 0 Å². The Morgan fingerprint density at radius 3 is 2.28 bits per heavy atom. The largest absolute Gasteiger partial charge is 1.00 e. The van der Waals surface area contributed by atoms with E-state index in [0.29, 0.717) is 5.75 Å². The summed E-state index contributed by atoms with van der Waals surface area (Å²) in [5.41, 5.74) is 1.11. The maximum Gasteiger partial charge on any atom is 1.00 e. The molecular formula is C13H11NaO3S. The van der Waals surface area contributed by atoms with Crippen LogP contribution in [0.5, 0.6) is 11.5 Å². The van der Waals surface area contributed by atoms with Crippen LogP contribution in [0.4, 0.5) is 0 Å². The van der Waals surface area contributed by atoms with Crippen LogP contribution in [0.1, 0.15) is 5.56 Å². The number of rotatable bonds is 3. The van der Waals surface area contributed by atoms with Gasteiger partial charge in [-0.2, -0.15) is 0 Å². The van der Waals surface area contributed by atoms with Crippen molar-refractivity contribution in [1.29, 1.82) is 0 Å². The van der Waals surface area contributed by atoms with Crippen molar-refractivity contribution >= 4 is 11.1 Å². The minimum Gasteiger partial charge on any atom is -0.768 e. The second-order valence-corrected chi connectivity index (χ2v) is 4.57. The Morgan fingerprint density at radius 1 is 1.06 bits per heavy atom. The molecule has 0 aliphatic rings. The smallest absolute Gasteiger partial charge is 0.768 e. The summed E-state index contributed by atoms with van der Waals surface area (Å²) >= 11 is -2.19. The van der Waals surface area contributed by atoms with Gasteiger partial charge >= 0.3 is 29.6 Å². The van der Waals surface area contributed by atoms with E-state index in [1.54, 1.807) is 12.1 Å². The van der Waals surface area contributed by atoms with Gasteiger partial charge in [0.25, 0.3) is 0 Å². The van der Waals surface area contributed by atoms with Gasteiger partial charge in [0.15, 0.2) is 0 Å². The van der Waals surface area contributed by atoms with Crippen molar-refractivity contribution in [3.05, 3.63) is 54.1 Å². The minimum atomic E-state index is -2.19. The topological polar surface area (TPSA) is 49.4 Å². The molecule has 0 saturated heterocycles. The Morgan fingerprint density at radius 2 is 1.72 bits per heavy atom. The molecule has 88 valence electrons. The zero-order chi connectivity index (χ0) is 12.3. The van der Waals surface area contributed by atoms with Crippen LogP contribution in [-0.2, 0) is 11.1 Å². The third-order valence-electron chi connectivity index (χ3n) is 2.24. The fourth-order valence-corrected chi connectivity index (χ4v) is 1.79. The van der Waals surface area contributed by atoms with Crippen molar-refractivity contribution in [2.75, 3.05) is 0 Å². The van der Waals surface area contributed by atoms with Gasteiger partial charge in [-0.1, -0.05) is 12.1 Å². The molecule has 1 unspecified atom stereocenters. The summed E-state index contributed by atoms with van der Waals surface area (Å²) in [5, 5.41) is 0. The van der Waals surface area contributed by atoms with Gasteiger partial charge in [0.2, 0.25) is 0 Å². The normalized spacial score (nSPS) is 11.4. The Labute approximate surface area is 131 Å². The van der Waals surface area contributed by atoms with Gasteiger partial charge in [0.05, 0.1) is 0 Å². The SMILES string of the molecule is Cc1cccc(Oc2ccc(S(=O)[O-])cc2)c1.[Na+]. The fourth-order valence-electron chi connectivity index (χ4n) is 1.43. The van der Waals surface area contributed by atoms with Crippen LogP contribution in [0, 0.1) is 6.92 Å². The quantitative estimate of drug-likeness (QED) is 0.584. The Bertz CT molecular complexity index is 540. The molecule has 0 spiro atoms. The Balaban J connectivity index is 0.00000162.